The van der Waals surface area contributed by atoms with Crippen LogP contribution < -0.4 is 24.8 Å². The van der Waals surface area contributed by atoms with Crippen LogP contribution in [0.4, 0.5) is 0 Å². The molecular formula is C26H44Cl2HfSi2-2. The van der Waals surface area contributed by atoms with Gasteiger partial charge in [-0.25, -0.2) is 0 Å². The van der Waals surface area contributed by atoms with Crippen LogP contribution in [0.15, 0.2) is 45.8 Å². The minimum absolute atomic E-state index is 0. The molecule has 2 heterocycles. The normalized spacial score (nSPS) is 21.8. The fraction of sp³-hybridized carbons (Fsp3) is 0.692. The Morgan fingerprint density at radius 2 is 1.03 bits per heavy atom. The van der Waals surface area contributed by atoms with E-state index in [0.717, 1.165) is 0 Å². The molecule has 0 spiro atoms. The number of hydrogen-bond acceptors (Lipinski definition) is 0. The SMILES string of the molecule is CCCCC1=CC([Si]2(C)CCC2)=CC1.CCCCC1=CC([Si]2(C)CCC2)=CC1.[Cl-].[Cl-].[Hf]. The van der Waals surface area contributed by atoms with Gasteiger partial charge in [0.1, 0.15) is 0 Å². The second-order valence-corrected chi connectivity index (χ2v) is 19.8. The first kappa shape index (κ1) is 31.8. The fourth-order valence-corrected chi connectivity index (χ4v) is 11.4. The molecule has 4 rings (SSSR count). The topological polar surface area (TPSA) is 0 Å². The summed E-state index contributed by atoms with van der Waals surface area (Å²) < 4.78 is 0. The van der Waals surface area contributed by atoms with Crippen LogP contribution >= 0.6 is 0 Å². The molecule has 2 aliphatic heterocycles. The first-order valence-corrected chi connectivity index (χ1v) is 18.1. The number of rotatable bonds is 8. The zero-order chi connectivity index (χ0) is 20.0. The molecule has 0 N–H and O–H groups in total. The van der Waals surface area contributed by atoms with Gasteiger partial charge in [-0.3, -0.25) is 0 Å². The third-order valence-electron chi connectivity index (χ3n) is 7.90. The van der Waals surface area contributed by atoms with Gasteiger partial charge in [0, 0.05) is 25.8 Å². The van der Waals surface area contributed by atoms with E-state index in [1.807, 2.05) is 0 Å². The van der Waals surface area contributed by atoms with Gasteiger partial charge in [-0.15, -0.1) is 0 Å². The van der Waals surface area contributed by atoms with Gasteiger partial charge in [-0.05, 0) is 38.5 Å². The predicted molar refractivity (Wildman–Crippen MR) is 132 cm³/mol. The predicted octanol–water partition coefficient (Wildman–Crippen LogP) is 2.91. The molecule has 5 heteroatoms. The maximum atomic E-state index is 2.57. The summed E-state index contributed by atoms with van der Waals surface area (Å²) >= 11 is 0. The minimum Gasteiger partial charge on any atom is -1.00 e. The summed E-state index contributed by atoms with van der Waals surface area (Å²) in [6.07, 6.45) is 23.9. The van der Waals surface area contributed by atoms with Crippen LogP contribution in [0.5, 0.6) is 0 Å². The van der Waals surface area contributed by atoms with Crippen molar-refractivity contribution in [3.63, 3.8) is 0 Å². The van der Waals surface area contributed by atoms with Crippen LogP contribution in [0.25, 0.3) is 0 Å². The molecule has 0 atom stereocenters. The first-order valence-electron chi connectivity index (χ1n) is 12.3. The molecule has 2 aliphatic carbocycles. The Kier molecular flexibility index (Phi) is 15.4. The summed E-state index contributed by atoms with van der Waals surface area (Å²) in [6.45, 7) is 9.71. The van der Waals surface area contributed by atoms with E-state index in [1.165, 1.54) is 64.2 Å². The quantitative estimate of drug-likeness (QED) is 0.351. The van der Waals surface area contributed by atoms with Gasteiger partial charge in [-0.2, -0.15) is 0 Å². The summed E-state index contributed by atoms with van der Waals surface area (Å²) in [5.74, 6) is 0. The van der Waals surface area contributed by atoms with Gasteiger partial charge in [0.15, 0.2) is 0 Å². The number of unbranched alkanes of at least 4 members (excludes halogenated alkanes) is 2. The van der Waals surface area contributed by atoms with Crippen LogP contribution in [0, 0.1) is 0 Å². The van der Waals surface area contributed by atoms with Crippen LogP contribution in [0.3, 0.4) is 0 Å². The van der Waals surface area contributed by atoms with E-state index >= 15 is 0 Å². The fourth-order valence-electron chi connectivity index (χ4n) is 5.15. The second kappa shape index (κ2) is 15.0. The van der Waals surface area contributed by atoms with Crippen molar-refractivity contribution in [2.24, 2.45) is 0 Å². The van der Waals surface area contributed by atoms with Crippen molar-refractivity contribution >= 4 is 16.1 Å². The molecule has 4 aliphatic rings. The Bertz CT molecular complexity index is 613. The summed E-state index contributed by atoms with van der Waals surface area (Å²) in [4.78, 5) is 0. The van der Waals surface area contributed by atoms with E-state index < -0.39 is 16.1 Å². The molecule has 0 bridgehead atoms. The molecule has 2 fully saturated rings. The number of allylic oxidation sites excluding steroid dienone is 8. The third-order valence-corrected chi connectivity index (χ3v) is 17.2. The van der Waals surface area contributed by atoms with Crippen molar-refractivity contribution in [3.05, 3.63) is 45.8 Å². The standard InChI is InChI=1S/2C13H22Si.2ClH.Hf/c2*1-3-4-6-12-7-8-13(11-12)14(2)9-5-10-14;;;/h2*8,11H,3-7,9-10H2,1-2H3;2*1H;/p-2. The maximum Gasteiger partial charge on any atom is 0.0832 e. The minimum atomic E-state index is -0.860. The van der Waals surface area contributed by atoms with E-state index in [2.05, 4.69) is 51.2 Å². The molecule has 0 aromatic rings. The Morgan fingerprint density at radius 3 is 1.29 bits per heavy atom. The molecule has 0 nitrogen and oxygen atoms in total. The molecule has 176 valence electrons. The van der Waals surface area contributed by atoms with Crippen molar-refractivity contribution in [2.75, 3.05) is 0 Å². The van der Waals surface area contributed by atoms with Gasteiger partial charge in [-0.1, -0.05) is 123 Å². The van der Waals surface area contributed by atoms with E-state index in [4.69, 9.17) is 0 Å². The molecule has 31 heavy (non-hydrogen) atoms. The summed E-state index contributed by atoms with van der Waals surface area (Å²) in [6, 6.07) is 6.21. The van der Waals surface area contributed by atoms with Gasteiger partial charge in [0.05, 0.1) is 16.1 Å². The van der Waals surface area contributed by atoms with E-state index in [9.17, 15) is 0 Å². The molecule has 0 amide bonds. The second-order valence-electron chi connectivity index (χ2n) is 10.4. The molecule has 0 aromatic carbocycles. The number of hydrogen-bond donors (Lipinski definition) is 0. The van der Waals surface area contributed by atoms with Gasteiger partial charge >= 0.3 is 0 Å². The van der Waals surface area contributed by atoms with Crippen molar-refractivity contribution < 1.29 is 50.7 Å². The Morgan fingerprint density at radius 1 is 0.677 bits per heavy atom. The molecular weight excluding hydrogens is 618 g/mol. The zero-order valence-corrected chi connectivity index (χ0v) is 27.6. The smallest absolute Gasteiger partial charge is 0.0832 e. The van der Waals surface area contributed by atoms with Crippen molar-refractivity contribution in [2.45, 2.75) is 115 Å². The Balaban J connectivity index is 0.000000529. The molecule has 0 aromatic heterocycles. The van der Waals surface area contributed by atoms with E-state index in [-0.39, 0.29) is 50.7 Å². The molecule has 0 radical (unpaired) electrons. The molecule has 2 saturated heterocycles. The van der Waals surface area contributed by atoms with Crippen molar-refractivity contribution in [3.8, 4) is 0 Å². The van der Waals surface area contributed by atoms with Crippen LogP contribution in [-0.2, 0) is 25.8 Å². The average molecular weight is 662 g/mol. The zero-order valence-electron chi connectivity index (χ0n) is 20.5. The largest absolute Gasteiger partial charge is 1.00 e. The maximum absolute atomic E-state index is 2.57. The van der Waals surface area contributed by atoms with Gasteiger partial charge in [0.2, 0.25) is 0 Å². The van der Waals surface area contributed by atoms with E-state index in [0.29, 0.717) is 0 Å². The van der Waals surface area contributed by atoms with Crippen LogP contribution in [0.1, 0.15) is 78.1 Å². The van der Waals surface area contributed by atoms with Gasteiger partial charge < -0.3 is 24.8 Å². The monoisotopic (exact) mass is 662 g/mol. The van der Waals surface area contributed by atoms with Crippen LogP contribution in [0.2, 0.25) is 37.3 Å². The number of halogens is 2. The first-order chi connectivity index (χ1) is 13.5. The summed E-state index contributed by atoms with van der Waals surface area (Å²) in [7, 11) is -1.72. The van der Waals surface area contributed by atoms with Crippen molar-refractivity contribution in [1.82, 2.24) is 0 Å². The van der Waals surface area contributed by atoms with Gasteiger partial charge in [0.25, 0.3) is 0 Å². The Labute approximate surface area is 226 Å². The molecule has 0 saturated carbocycles. The third kappa shape index (κ3) is 8.53. The summed E-state index contributed by atoms with van der Waals surface area (Å²) in [5.41, 5.74) is 3.42. The average Bonchev–Trinajstić information content (AvgIpc) is 3.31. The van der Waals surface area contributed by atoms with Crippen molar-refractivity contribution in [1.29, 1.82) is 0 Å². The van der Waals surface area contributed by atoms with Crippen LogP contribution in [-0.4, -0.2) is 16.1 Å². The van der Waals surface area contributed by atoms with E-state index in [1.54, 1.807) is 45.7 Å². The Hall–Kier alpha value is 0.844. The molecule has 0 unspecified atom stereocenters. The summed E-state index contributed by atoms with van der Waals surface area (Å²) in [5, 5.41) is 3.57.